The molecular weight excluding hydrogens is 212 g/mol. The van der Waals surface area contributed by atoms with Crippen molar-refractivity contribution in [3.05, 3.63) is 35.4 Å². The predicted octanol–water partition coefficient (Wildman–Crippen LogP) is -0.550. The maximum atomic E-state index is 10.5. The topological polar surface area (TPSA) is 128 Å². The fraction of sp³-hybridized carbons (Fsp3) is 0.200. The van der Waals surface area contributed by atoms with Crippen molar-refractivity contribution >= 4 is 11.8 Å². The summed E-state index contributed by atoms with van der Waals surface area (Å²) in [6.07, 6.45) is -3.56. The molecule has 6 heteroatoms. The molecule has 0 aromatic heterocycles. The molecule has 16 heavy (non-hydrogen) atoms. The second-order valence-electron chi connectivity index (χ2n) is 3.23. The third-order valence-corrected chi connectivity index (χ3v) is 2.12. The Bertz CT molecular complexity index is 419. The number of nitrogens with one attached hydrogen (secondary N) is 1. The molecule has 0 spiro atoms. The van der Waals surface area contributed by atoms with Crippen LogP contribution in [0.1, 0.15) is 17.2 Å². The summed E-state index contributed by atoms with van der Waals surface area (Å²) in [6, 6.07) is 6.03. The fourth-order valence-electron chi connectivity index (χ4n) is 1.31. The first-order valence-corrected chi connectivity index (χ1v) is 4.47. The van der Waals surface area contributed by atoms with Gasteiger partial charge in [-0.1, -0.05) is 24.3 Å². The molecule has 0 aliphatic heterocycles. The number of carbonyl (C=O) groups is 1. The molecule has 86 valence electrons. The lowest BCUT2D eigenvalue weighted by Crippen LogP contribution is -2.29. The van der Waals surface area contributed by atoms with Crippen molar-refractivity contribution in [3.8, 4) is 0 Å². The van der Waals surface area contributed by atoms with Crippen molar-refractivity contribution in [1.29, 1.82) is 5.41 Å². The SMILES string of the molecule is N=C(N)c1ccccc1C(O)C(O)C(=O)O. The van der Waals surface area contributed by atoms with Gasteiger partial charge in [0.25, 0.3) is 0 Å². The molecule has 1 aromatic rings. The standard InChI is InChI=1S/C10H12N2O4/c11-9(12)6-4-2-1-3-5(6)7(13)8(14)10(15)16/h1-4,7-8,13-14H,(H3,11,12)(H,15,16). The number of benzene rings is 1. The van der Waals surface area contributed by atoms with E-state index < -0.39 is 18.2 Å². The van der Waals surface area contributed by atoms with Crippen LogP contribution < -0.4 is 5.73 Å². The maximum Gasteiger partial charge on any atom is 0.335 e. The van der Waals surface area contributed by atoms with Crippen LogP contribution in [0.15, 0.2) is 24.3 Å². The van der Waals surface area contributed by atoms with Gasteiger partial charge in [-0.2, -0.15) is 0 Å². The highest BCUT2D eigenvalue weighted by Crippen LogP contribution is 2.20. The minimum atomic E-state index is -1.94. The molecule has 0 heterocycles. The average molecular weight is 224 g/mol. The van der Waals surface area contributed by atoms with Crippen LogP contribution >= 0.6 is 0 Å². The summed E-state index contributed by atoms with van der Waals surface area (Å²) in [5.41, 5.74) is 5.59. The predicted molar refractivity (Wildman–Crippen MR) is 56.1 cm³/mol. The summed E-state index contributed by atoms with van der Waals surface area (Å²) in [5.74, 6) is -1.84. The van der Waals surface area contributed by atoms with Gasteiger partial charge in [0.1, 0.15) is 11.9 Å². The molecule has 0 aliphatic rings. The van der Waals surface area contributed by atoms with Gasteiger partial charge in [-0.15, -0.1) is 0 Å². The van der Waals surface area contributed by atoms with Crippen molar-refractivity contribution < 1.29 is 20.1 Å². The van der Waals surface area contributed by atoms with Gasteiger partial charge in [-0.05, 0) is 5.56 Å². The van der Waals surface area contributed by atoms with E-state index in [1.165, 1.54) is 12.1 Å². The third-order valence-electron chi connectivity index (χ3n) is 2.12. The number of amidine groups is 1. The number of aliphatic carboxylic acids is 1. The van der Waals surface area contributed by atoms with Crippen LogP contribution in [-0.4, -0.2) is 33.2 Å². The lowest BCUT2D eigenvalue weighted by Gasteiger charge is -2.17. The minimum absolute atomic E-state index is 0.116. The first-order valence-electron chi connectivity index (χ1n) is 4.47. The molecule has 2 unspecified atom stereocenters. The zero-order valence-electron chi connectivity index (χ0n) is 8.29. The number of hydrogen-bond donors (Lipinski definition) is 5. The van der Waals surface area contributed by atoms with Crippen molar-refractivity contribution in [2.75, 3.05) is 0 Å². The van der Waals surface area contributed by atoms with Gasteiger partial charge in [0.2, 0.25) is 0 Å². The Kier molecular flexibility index (Phi) is 3.60. The van der Waals surface area contributed by atoms with Crippen LogP contribution in [0.25, 0.3) is 0 Å². The highest BCUT2D eigenvalue weighted by atomic mass is 16.4. The lowest BCUT2D eigenvalue weighted by atomic mass is 9.98. The molecule has 1 aromatic carbocycles. The van der Waals surface area contributed by atoms with E-state index in [-0.39, 0.29) is 17.0 Å². The number of carboxylic acids is 1. The van der Waals surface area contributed by atoms with Crippen LogP contribution in [0.3, 0.4) is 0 Å². The molecule has 6 N–H and O–H groups in total. The normalized spacial score (nSPS) is 14.1. The molecule has 0 saturated carbocycles. The van der Waals surface area contributed by atoms with Gasteiger partial charge in [-0.3, -0.25) is 5.41 Å². The Morgan fingerprint density at radius 3 is 2.38 bits per heavy atom. The van der Waals surface area contributed by atoms with Gasteiger partial charge in [0.05, 0.1) is 0 Å². The van der Waals surface area contributed by atoms with Gasteiger partial charge < -0.3 is 21.1 Å². The quantitative estimate of drug-likeness (QED) is 0.346. The van der Waals surface area contributed by atoms with Crippen LogP contribution in [-0.2, 0) is 4.79 Å². The van der Waals surface area contributed by atoms with E-state index in [0.29, 0.717) is 0 Å². The molecule has 0 radical (unpaired) electrons. The van der Waals surface area contributed by atoms with E-state index in [2.05, 4.69) is 0 Å². The van der Waals surface area contributed by atoms with Gasteiger partial charge in [-0.25, -0.2) is 4.79 Å². The van der Waals surface area contributed by atoms with Gasteiger partial charge in [0.15, 0.2) is 6.10 Å². The van der Waals surface area contributed by atoms with Crippen molar-refractivity contribution in [2.24, 2.45) is 5.73 Å². The highest BCUT2D eigenvalue weighted by molar-refractivity contribution is 5.96. The second-order valence-corrected chi connectivity index (χ2v) is 3.23. The van der Waals surface area contributed by atoms with Crippen LogP contribution in [0.2, 0.25) is 0 Å². The minimum Gasteiger partial charge on any atom is -0.479 e. The van der Waals surface area contributed by atoms with Crippen molar-refractivity contribution in [2.45, 2.75) is 12.2 Å². The van der Waals surface area contributed by atoms with Crippen molar-refractivity contribution in [3.63, 3.8) is 0 Å². The largest absolute Gasteiger partial charge is 0.479 e. The number of aliphatic hydroxyl groups is 2. The van der Waals surface area contributed by atoms with Crippen LogP contribution in [0, 0.1) is 5.41 Å². The first-order chi connectivity index (χ1) is 7.45. The smallest absolute Gasteiger partial charge is 0.335 e. The van der Waals surface area contributed by atoms with E-state index >= 15 is 0 Å². The molecule has 2 atom stereocenters. The van der Waals surface area contributed by atoms with Crippen LogP contribution in [0.5, 0.6) is 0 Å². The Hall–Kier alpha value is -1.92. The summed E-state index contributed by atoms with van der Waals surface area (Å²) in [6.45, 7) is 0. The molecule has 0 fully saturated rings. The summed E-state index contributed by atoms with van der Waals surface area (Å²) < 4.78 is 0. The molecule has 0 amide bonds. The summed E-state index contributed by atoms with van der Waals surface area (Å²) in [7, 11) is 0. The summed E-state index contributed by atoms with van der Waals surface area (Å²) in [5, 5.41) is 34.6. The van der Waals surface area contributed by atoms with E-state index in [0.717, 1.165) is 0 Å². The van der Waals surface area contributed by atoms with E-state index in [1.54, 1.807) is 12.1 Å². The second kappa shape index (κ2) is 4.73. The molecule has 0 aliphatic carbocycles. The van der Waals surface area contributed by atoms with E-state index in [1.807, 2.05) is 0 Å². The van der Waals surface area contributed by atoms with Gasteiger partial charge in [0, 0.05) is 5.56 Å². The Morgan fingerprint density at radius 1 is 1.31 bits per heavy atom. The summed E-state index contributed by atoms with van der Waals surface area (Å²) >= 11 is 0. The molecule has 1 rings (SSSR count). The van der Waals surface area contributed by atoms with Crippen LogP contribution in [0.4, 0.5) is 0 Å². The highest BCUT2D eigenvalue weighted by Gasteiger charge is 2.27. The lowest BCUT2D eigenvalue weighted by molar-refractivity contribution is -0.153. The molecule has 0 saturated heterocycles. The monoisotopic (exact) mass is 224 g/mol. The zero-order valence-corrected chi connectivity index (χ0v) is 8.29. The number of hydrogen-bond acceptors (Lipinski definition) is 4. The maximum absolute atomic E-state index is 10.5. The van der Waals surface area contributed by atoms with E-state index in [4.69, 9.17) is 16.2 Å². The molecule has 6 nitrogen and oxygen atoms in total. The third kappa shape index (κ3) is 2.36. The number of nitrogen functional groups attached to an aromatic ring is 1. The zero-order chi connectivity index (χ0) is 12.3. The van der Waals surface area contributed by atoms with Gasteiger partial charge >= 0.3 is 5.97 Å². The van der Waals surface area contributed by atoms with E-state index in [9.17, 15) is 15.0 Å². The molecular formula is C10H12N2O4. The average Bonchev–Trinajstić information content (AvgIpc) is 2.26. The van der Waals surface area contributed by atoms with Crippen molar-refractivity contribution in [1.82, 2.24) is 0 Å². The number of aliphatic hydroxyl groups excluding tert-OH is 2. The Balaban J connectivity index is 3.12. The Labute approximate surface area is 91.5 Å². The Morgan fingerprint density at radius 2 is 1.88 bits per heavy atom. The summed E-state index contributed by atoms with van der Waals surface area (Å²) in [4.78, 5) is 10.5. The number of nitrogens with two attached hydrogens (primary N) is 1. The molecule has 0 bridgehead atoms. The fourth-order valence-corrected chi connectivity index (χ4v) is 1.31. The number of rotatable bonds is 4. The first kappa shape index (κ1) is 12.2. The number of carboxylic acid groups (broad SMARTS) is 1.